The van der Waals surface area contributed by atoms with Gasteiger partial charge in [-0.25, -0.2) is 4.98 Å². The van der Waals surface area contributed by atoms with Crippen molar-refractivity contribution in [2.24, 2.45) is 0 Å². The zero-order chi connectivity index (χ0) is 14.4. The largest absolute Gasteiger partial charge is 0.433 e. The molecule has 1 aromatic carbocycles. The van der Waals surface area contributed by atoms with Crippen LogP contribution in [0.5, 0.6) is 0 Å². The van der Waals surface area contributed by atoms with Crippen LogP contribution in [-0.4, -0.2) is 12.0 Å². The molecule has 1 aromatic heterocycles. The summed E-state index contributed by atoms with van der Waals surface area (Å²) in [4.78, 5) is 3.80. The summed E-state index contributed by atoms with van der Waals surface area (Å²) in [7, 11) is 1.61. The lowest BCUT2D eigenvalue weighted by molar-refractivity contribution is -0.141. The minimum absolute atomic E-state index is 0.115. The predicted molar refractivity (Wildman–Crippen MR) is 73.5 cm³/mol. The number of aromatic nitrogens is 1. The van der Waals surface area contributed by atoms with Crippen molar-refractivity contribution in [2.75, 3.05) is 12.4 Å². The molecule has 0 unspecified atom stereocenters. The Bertz CT molecular complexity index is 651. The number of nitrogens with one attached hydrogen (secondary N) is 1. The van der Waals surface area contributed by atoms with E-state index in [4.69, 9.17) is 0 Å². The van der Waals surface area contributed by atoms with Gasteiger partial charge < -0.3 is 5.32 Å². The van der Waals surface area contributed by atoms with Crippen molar-refractivity contribution in [1.82, 2.24) is 4.98 Å². The number of rotatable bonds is 1. The molecule has 6 heteroatoms. The maximum Gasteiger partial charge on any atom is 0.433 e. The van der Waals surface area contributed by atoms with Gasteiger partial charge in [-0.3, -0.25) is 0 Å². The fourth-order valence-corrected chi connectivity index (χ4v) is 2.60. The number of fused-ring (bicyclic) bond motifs is 1. The van der Waals surface area contributed by atoms with Crippen molar-refractivity contribution in [3.05, 3.63) is 33.4 Å². The van der Waals surface area contributed by atoms with E-state index < -0.39 is 11.9 Å². The van der Waals surface area contributed by atoms with Gasteiger partial charge in [-0.2, -0.15) is 13.2 Å². The molecule has 0 aliphatic rings. The molecule has 19 heavy (non-hydrogen) atoms. The lowest BCUT2D eigenvalue weighted by Crippen LogP contribution is -2.13. The topological polar surface area (TPSA) is 24.9 Å². The Balaban J connectivity index is 2.99. The van der Waals surface area contributed by atoms with E-state index in [0.29, 0.717) is 21.1 Å². The highest BCUT2D eigenvalue weighted by Crippen LogP contribution is 2.39. The summed E-state index contributed by atoms with van der Waals surface area (Å²) in [5, 5.41) is 3.57. The molecule has 102 valence electrons. The standard InChI is InChI=1S/C13H12BrF3N2/c1-6-4-5-8(14)11-9(6)10(18-3)7(2)12(19-11)13(15,16)17/h4-5H,1-3H3,(H,18,19). The Morgan fingerprint density at radius 2 is 1.84 bits per heavy atom. The second-order valence-electron chi connectivity index (χ2n) is 4.30. The molecule has 0 atom stereocenters. The van der Waals surface area contributed by atoms with Gasteiger partial charge in [-0.05, 0) is 41.4 Å². The molecule has 0 fully saturated rings. The quantitative estimate of drug-likeness (QED) is 0.820. The van der Waals surface area contributed by atoms with Crippen molar-refractivity contribution >= 4 is 32.5 Å². The lowest BCUT2D eigenvalue weighted by atomic mass is 10.0. The highest BCUT2D eigenvalue weighted by atomic mass is 79.9. The minimum atomic E-state index is -4.47. The van der Waals surface area contributed by atoms with Gasteiger partial charge in [0, 0.05) is 28.2 Å². The zero-order valence-electron chi connectivity index (χ0n) is 10.6. The number of pyridine rings is 1. The van der Waals surface area contributed by atoms with Crippen LogP contribution in [0.15, 0.2) is 16.6 Å². The fraction of sp³-hybridized carbons (Fsp3) is 0.308. The Kier molecular flexibility index (Phi) is 3.47. The molecule has 2 aromatic rings. The number of hydrogen-bond acceptors (Lipinski definition) is 2. The first-order chi connectivity index (χ1) is 8.77. The summed E-state index contributed by atoms with van der Waals surface area (Å²) in [6.07, 6.45) is -4.47. The van der Waals surface area contributed by atoms with Crippen LogP contribution in [0.25, 0.3) is 10.9 Å². The third-order valence-electron chi connectivity index (χ3n) is 3.06. The summed E-state index contributed by atoms with van der Waals surface area (Å²) in [5.74, 6) is 0. The van der Waals surface area contributed by atoms with Gasteiger partial charge in [0.15, 0.2) is 0 Å². The van der Waals surface area contributed by atoms with Gasteiger partial charge in [-0.1, -0.05) is 6.07 Å². The molecular formula is C13H12BrF3N2. The average molecular weight is 333 g/mol. The summed E-state index contributed by atoms with van der Waals surface area (Å²) < 4.78 is 39.6. The Morgan fingerprint density at radius 1 is 1.21 bits per heavy atom. The van der Waals surface area contributed by atoms with E-state index in [0.717, 1.165) is 5.56 Å². The molecule has 0 saturated carbocycles. The maximum absolute atomic E-state index is 13.0. The molecule has 0 spiro atoms. The SMILES string of the molecule is CNc1c(C)c(C(F)(F)F)nc2c(Br)ccc(C)c12. The van der Waals surface area contributed by atoms with Gasteiger partial charge in [0.2, 0.25) is 0 Å². The molecule has 0 amide bonds. The highest BCUT2D eigenvalue weighted by Gasteiger charge is 2.36. The number of hydrogen-bond donors (Lipinski definition) is 1. The molecule has 0 saturated heterocycles. The van der Waals surface area contributed by atoms with E-state index in [1.165, 1.54) is 6.92 Å². The van der Waals surface area contributed by atoms with E-state index in [1.54, 1.807) is 13.1 Å². The van der Waals surface area contributed by atoms with Crippen molar-refractivity contribution < 1.29 is 13.2 Å². The summed E-state index contributed by atoms with van der Waals surface area (Å²) in [5.41, 5.74) is 0.935. The van der Waals surface area contributed by atoms with Crippen LogP contribution in [0.2, 0.25) is 0 Å². The second-order valence-corrected chi connectivity index (χ2v) is 5.15. The summed E-state index contributed by atoms with van der Waals surface area (Å²) in [6, 6.07) is 3.56. The minimum Gasteiger partial charge on any atom is -0.387 e. The first-order valence-corrected chi connectivity index (χ1v) is 6.41. The van der Waals surface area contributed by atoms with Gasteiger partial charge in [0.25, 0.3) is 0 Å². The summed E-state index contributed by atoms with van der Waals surface area (Å²) >= 11 is 3.26. The number of alkyl halides is 3. The molecule has 1 heterocycles. The monoisotopic (exact) mass is 332 g/mol. The fourth-order valence-electron chi connectivity index (χ4n) is 2.18. The lowest BCUT2D eigenvalue weighted by Gasteiger charge is -2.17. The molecule has 0 aliphatic heterocycles. The number of halogens is 4. The number of nitrogens with zero attached hydrogens (tertiary/aromatic N) is 1. The predicted octanol–water partition coefficient (Wildman–Crippen LogP) is 4.67. The molecular weight excluding hydrogens is 321 g/mol. The van der Waals surface area contributed by atoms with Gasteiger partial charge in [0.1, 0.15) is 5.69 Å². The van der Waals surface area contributed by atoms with Crippen molar-refractivity contribution in [3.8, 4) is 0 Å². The third kappa shape index (κ3) is 2.29. The number of aryl methyl sites for hydroxylation is 1. The maximum atomic E-state index is 13.0. The number of anilines is 1. The van der Waals surface area contributed by atoms with Crippen molar-refractivity contribution in [2.45, 2.75) is 20.0 Å². The molecule has 0 radical (unpaired) electrons. The molecule has 1 N–H and O–H groups in total. The van der Waals surface area contributed by atoms with Crippen LogP contribution >= 0.6 is 15.9 Å². The molecule has 0 bridgehead atoms. The van der Waals surface area contributed by atoms with E-state index >= 15 is 0 Å². The van der Waals surface area contributed by atoms with Gasteiger partial charge >= 0.3 is 6.18 Å². The van der Waals surface area contributed by atoms with E-state index in [1.807, 2.05) is 13.0 Å². The van der Waals surface area contributed by atoms with E-state index in [-0.39, 0.29) is 5.56 Å². The first kappa shape index (κ1) is 14.1. The second kappa shape index (κ2) is 4.67. The first-order valence-electron chi connectivity index (χ1n) is 5.61. The van der Waals surface area contributed by atoms with Crippen LogP contribution in [0.4, 0.5) is 18.9 Å². The van der Waals surface area contributed by atoms with Crippen molar-refractivity contribution in [1.29, 1.82) is 0 Å². The Labute approximate surface area is 117 Å². The van der Waals surface area contributed by atoms with Crippen molar-refractivity contribution in [3.63, 3.8) is 0 Å². The molecule has 0 aliphatic carbocycles. The highest BCUT2D eigenvalue weighted by molar-refractivity contribution is 9.10. The van der Waals surface area contributed by atoms with Gasteiger partial charge in [0.05, 0.1) is 5.52 Å². The Hall–Kier alpha value is -1.30. The molecule has 2 nitrogen and oxygen atoms in total. The van der Waals surface area contributed by atoms with Crippen LogP contribution in [-0.2, 0) is 6.18 Å². The van der Waals surface area contributed by atoms with Crippen LogP contribution in [0, 0.1) is 13.8 Å². The van der Waals surface area contributed by atoms with E-state index in [2.05, 4.69) is 26.2 Å². The summed E-state index contributed by atoms with van der Waals surface area (Å²) in [6.45, 7) is 3.28. The zero-order valence-corrected chi connectivity index (χ0v) is 12.2. The molecule has 2 rings (SSSR count). The normalized spacial score (nSPS) is 11.9. The Morgan fingerprint density at radius 3 is 2.37 bits per heavy atom. The average Bonchev–Trinajstić information content (AvgIpc) is 2.32. The van der Waals surface area contributed by atoms with Crippen LogP contribution in [0.3, 0.4) is 0 Å². The van der Waals surface area contributed by atoms with Gasteiger partial charge in [-0.15, -0.1) is 0 Å². The van der Waals surface area contributed by atoms with E-state index in [9.17, 15) is 13.2 Å². The van der Waals surface area contributed by atoms with Crippen LogP contribution < -0.4 is 5.32 Å². The van der Waals surface area contributed by atoms with Crippen LogP contribution in [0.1, 0.15) is 16.8 Å². The number of benzene rings is 1. The smallest absolute Gasteiger partial charge is 0.387 e. The third-order valence-corrected chi connectivity index (χ3v) is 3.70.